The number of hydrogen-bond donors (Lipinski definition) is 2. The summed E-state index contributed by atoms with van der Waals surface area (Å²) in [5.41, 5.74) is 4.77. The lowest BCUT2D eigenvalue weighted by atomic mass is 10.2. The van der Waals surface area contributed by atoms with Crippen molar-refractivity contribution in [1.82, 2.24) is 4.98 Å². The van der Waals surface area contributed by atoms with Crippen LogP contribution in [0.2, 0.25) is 0 Å². The van der Waals surface area contributed by atoms with Crippen molar-refractivity contribution in [2.45, 2.75) is 13.0 Å². The number of H-pyrrole nitrogens is 1. The van der Waals surface area contributed by atoms with Gasteiger partial charge < -0.3 is 10.7 Å². The van der Waals surface area contributed by atoms with E-state index in [9.17, 15) is 13.6 Å². The molecule has 1 aromatic heterocycles. The molecule has 6 heteroatoms. The Bertz CT molecular complexity index is 364. The van der Waals surface area contributed by atoms with Gasteiger partial charge in [0, 0.05) is 17.8 Å². The lowest BCUT2D eigenvalue weighted by Gasteiger charge is -2.04. The minimum atomic E-state index is -2.64. The molecule has 0 saturated carbocycles. The highest BCUT2D eigenvalue weighted by atomic mass is 127. The SMILES string of the molecule is NCc1cc(C(F)F)c(I)c(=O)[nH]1. The van der Waals surface area contributed by atoms with Crippen LogP contribution in [0.3, 0.4) is 0 Å². The van der Waals surface area contributed by atoms with Gasteiger partial charge in [-0.25, -0.2) is 8.78 Å². The smallest absolute Gasteiger partial charge is 0.265 e. The first-order valence-corrected chi connectivity index (χ1v) is 4.54. The van der Waals surface area contributed by atoms with Crippen LogP contribution in [-0.4, -0.2) is 4.98 Å². The molecular formula is C7H7F2IN2O. The van der Waals surface area contributed by atoms with Crippen LogP contribution in [0.4, 0.5) is 8.78 Å². The highest BCUT2D eigenvalue weighted by Crippen LogP contribution is 2.22. The van der Waals surface area contributed by atoms with E-state index in [0.29, 0.717) is 5.69 Å². The van der Waals surface area contributed by atoms with E-state index >= 15 is 0 Å². The van der Waals surface area contributed by atoms with Crippen LogP contribution < -0.4 is 11.3 Å². The summed E-state index contributed by atoms with van der Waals surface area (Å²) in [5.74, 6) is 0. The fourth-order valence-corrected chi connectivity index (χ4v) is 1.41. The van der Waals surface area contributed by atoms with Gasteiger partial charge in [0.25, 0.3) is 12.0 Å². The van der Waals surface area contributed by atoms with E-state index < -0.39 is 12.0 Å². The summed E-state index contributed by atoms with van der Waals surface area (Å²) in [6, 6.07) is 1.22. The van der Waals surface area contributed by atoms with Crippen molar-refractivity contribution in [2.24, 2.45) is 5.73 Å². The van der Waals surface area contributed by atoms with Crippen LogP contribution in [0, 0.1) is 3.57 Å². The predicted molar refractivity (Wildman–Crippen MR) is 52.6 cm³/mol. The summed E-state index contributed by atoms with van der Waals surface area (Å²) in [4.78, 5) is 13.5. The zero-order valence-corrected chi connectivity index (χ0v) is 8.64. The van der Waals surface area contributed by atoms with Gasteiger partial charge in [0.1, 0.15) is 0 Å². The summed E-state index contributed by atoms with van der Waals surface area (Å²) in [5, 5.41) is 0. The molecule has 72 valence electrons. The van der Waals surface area contributed by atoms with Gasteiger partial charge in [0.15, 0.2) is 0 Å². The molecule has 3 N–H and O–H groups in total. The van der Waals surface area contributed by atoms with Gasteiger partial charge in [-0.1, -0.05) is 0 Å². The fourth-order valence-electron chi connectivity index (χ4n) is 0.888. The van der Waals surface area contributed by atoms with Crippen LogP contribution in [0.25, 0.3) is 0 Å². The number of halogens is 3. The van der Waals surface area contributed by atoms with Crippen LogP contribution in [0.1, 0.15) is 17.7 Å². The van der Waals surface area contributed by atoms with Crippen molar-refractivity contribution >= 4 is 22.6 Å². The number of aromatic nitrogens is 1. The van der Waals surface area contributed by atoms with Gasteiger partial charge in [0.2, 0.25) is 0 Å². The van der Waals surface area contributed by atoms with Crippen molar-refractivity contribution in [2.75, 3.05) is 0 Å². The first kappa shape index (κ1) is 10.6. The molecule has 0 fully saturated rings. The molecule has 1 rings (SSSR count). The number of rotatable bonds is 2. The second kappa shape index (κ2) is 4.14. The average molecular weight is 300 g/mol. The van der Waals surface area contributed by atoms with Crippen molar-refractivity contribution in [3.05, 3.63) is 31.2 Å². The molecule has 0 aromatic carbocycles. The highest BCUT2D eigenvalue weighted by Gasteiger charge is 2.14. The molecule has 0 aliphatic heterocycles. The minimum Gasteiger partial charge on any atom is -0.325 e. The Kier molecular flexibility index (Phi) is 3.37. The lowest BCUT2D eigenvalue weighted by molar-refractivity contribution is 0.150. The van der Waals surface area contributed by atoms with Gasteiger partial charge in [-0.2, -0.15) is 0 Å². The summed E-state index contributed by atoms with van der Waals surface area (Å²) in [6.45, 7) is 0.0475. The van der Waals surface area contributed by atoms with Crippen molar-refractivity contribution in [3.8, 4) is 0 Å². The van der Waals surface area contributed by atoms with Crippen LogP contribution >= 0.6 is 22.6 Å². The molecule has 0 spiro atoms. The first-order valence-electron chi connectivity index (χ1n) is 3.46. The fraction of sp³-hybridized carbons (Fsp3) is 0.286. The minimum absolute atomic E-state index is 0.0183. The number of nitrogens with one attached hydrogen (secondary N) is 1. The van der Waals surface area contributed by atoms with E-state index in [1.54, 1.807) is 22.6 Å². The number of aromatic amines is 1. The molecule has 0 aliphatic carbocycles. The maximum Gasteiger partial charge on any atom is 0.265 e. The normalized spacial score (nSPS) is 10.8. The lowest BCUT2D eigenvalue weighted by Crippen LogP contribution is -2.17. The summed E-state index contributed by atoms with van der Waals surface area (Å²) < 4.78 is 24.7. The Morgan fingerprint density at radius 1 is 1.62 bits per heavy atom. The Hall–Kier alpha value is -0.500. The molecule has 0 unspecified atom stereocenters. The van der Waals surface area contributed by atoms with E-state index in [1.165, 1.54) is 6.07 Å². The van der Waals surface area contributed by atoms with E-state index in [0.717, 1.165) is 0 Å². The van der Waals surface area contributed by atoms with Gasteiger partial charge >= 0.3 is 0 Å². The quantitative estimate of drug-likeness (QED) is 0.811. The monoisotopic (exact) mass is 300 g/mol. The molecule has 1 aromatic rings. The second-order valence-electron chi connectivity index (χ2n) is 2.40. The Balaban J connectivity index is 3.33. The van der Waals surface area contributed by atoms with E-state index in [2.05, 4.69) is 4.98 Å². The van der Waals surface area contributed by atoms with Crippen LogP contribution in [0.15, 0.2) is 10.9 Å². The predicted octanol–water partition coefficient (Wildman–Crippen LogP) is 1.38. The van der Waals surface area contributed by atoms with E-state index in [-0.39, 0.29) is 15.7 Å². The third-order valence-corrected chi connectivity index (χ3v) is 2.62. The van der Waals surface area contributed by atoms with Crippen molar-refractivity contribution in [1.29, 1.82) is 0 Å². The molecule has 0 atom stereocenters. The summed E-state index contributed by atoms with van der Waals surface area (Å²) in [7, 11) is 0. The van der Waals surface area contributed by atoms with E-state index in [4.69, 9.17) is 5.73 Å². The number of pyridine rings is 1. The van der Waals surface area contributed by atoms with Gasteiger partial charge in [-0.15, -0.1) is 0 Å². The molecule has 0 saturated heterocycles. The third-order valence-electron chi connectivity index (χ3n) is 1.51. The molecule has 13 heavy (non-hydrogen) atoms. The molecule has 0 amide bonds. The van der Waals surface area contributed by atoms with E-state index in [1.807, 2.05) is 0 Å². The van der Waals surface area contributed by atoms with Gasteiger partial charge in [0.05, 0.1) is 3.57 Å². The standard InChI is InChI=1S/C7H7F2IN2O/c8-6(9)4-1-3(2-11)12-7(13)5(4)10/h1,6H,2,11H2,(H,12,13). The first-order chi connectivity index (χ1) is 6.06. The molecule has 1 heterocycles. The molecule has 3 nitrogen and oxygen atoms in total. The Morgan fingerprint density at radius 3 is 2.69 bits per heavy atom. The zero-order valence-electron chi connectivity index (χ0n) is 6.48. The third kappa shape index (κ3) is 2.25. The van der Waals surface area contributed by atoms with Crippen molar-refractivity contribution in [3.63, 3.8) is 0 Å². The second-order valence-corrected chi connectivity index (χ2v) is 3.48. The summed E-state index contributed by atoms with van der Waals surface area (Å²) in [6.07, 6.45) is -2.64. The number of nitrogens with two attached hydrogens (primary N) is 1. The summed E-state index contributed by atoms with van der Waals surface area (Å²) >= 11 is 1.59. The molecular weight excluding hydrogens is 293 g/mol. The van der Waals surface area contributed by atoms with Gasteiger partial charge in [-0.05, 0) is 28.7 Å². The zero-order chi connectivity index (χ0) is 10.0. The highest BCUT2D eigenvalue weighted by molar-refractivity contribution is 14.1. The molecule has 0 radical (unpaired) electrons. The van der Waals surface area contributed by atoms with Gasteiger partial charge in [-0.3, -0.25) is 4.79 Å². The largest absolute Gasteiger partial charge is 0.325 e. The van der Waals surface area contributed by atoms with Crippen LogP contribution in [-0.2, 0) is 6.54 Å². The number of alkyl halides is 2. The maximum atomic E-state index is 12.3. The maximum absolute atomic E-state index is 12.3. The Labute approximate surface area is 86.5 Å². The molecule has 0 aliphatic rings. The topological polar surface area (TPSA) is 58.9 Å². The Morgan fingerprint density at radius 2 is 2.23 bits per heavy atom. The number of hydrogen-bond acceptors (Lipinski definition) is 2. The van der Waals surface area contributed by atoms with Crippen LogP contribution in [0.5, 0.6) is 0 Å². The van der Waals surface area contributed by atoms with Crippen molar-refractivity contribution < 1.29 is 8.78 Å². The average Bonchev–Trinajstić information content (AvgIpc) is 2.09. The molecule has 0 bridgehead atoms.